The molecule has 90 valence electrons. The van der Waals surface area contributed by atoms with Crippen molar-refractivity contribution in [3.05, 3.63) is 26.9 Å². The number of nitrogens with zero attached hydrogens (tertiary/aromatic N) is 1. The lowest BCUT2D eigenvalue weighted by atomic mass is 10.0. The normalized spacial score (nSPS) is 14.2. The van der Waals surface area contributed by atoms with Gasteiger partial charge in [-0.05, 0) is 52.4 Å². The molecule has 0 radical (unpaired) electrons. The number of amides is 1. The summed E-state index contributed by atoms with van der Waals surface area (Å²) in [5, 5.41) is 13.5. The Morgan fingerprint density at radius 3 is 2.94 bits per heavy atom. The van der Waals surface area contributed by atoms with Gasteiger partial charge in [-0.15, -0.1) is 11.3 Å². The van der Waals surface area contributed by atoms with Crippen LogP contribution in [-0.4, -0.2) is 11.4 Å². The molecule has 0 unspecified atom stereocenters. The number of nitriles is 1. The van der Waals surface area contributed by atoms with E-state index in [0.29, 0.717) is 6.42 Å². The molecule has 5 heteroatoms. The molecule has 1 N–H and O–H groups in total. The smallest absolute Gasteiger partial charge is 0.245 e. The monoisotopic (exact) mass is 312 g/mol. The van der Waals surface area contributed by atoms with Crippen molar-refractivity contribution in [1.82, 2.24) is 5.32 Å². The predicted molar refractivity (Wildman–Crippen MR) is 73.5 cm³/mol. The Morgan fingerprint density at radius 2 is 2.47 bits per heavy atom. The fourth-order valence-corrected chi connectivity index (χ4v) is 2.24. The number of carbonyl (C=O) groups is 1. The van der Waals surface area contributed by atoms with Crippen LogP contribution in [0.5, 0.6) is 0 Å². The van der Waals surface area contributed by atoms with Crippen LogP contribution in [0, 0.1) is 11.3 Å². The van der Waals surface area contributed by atoms with E-state index in [1.807, 2.05) is 18.4 Å². The zero-order valence-corrected chi connectivity index (χ0v) is 12.1. The van der Waals surface area contributed by atoms with Gasteiger partial charge in [0.05, 0.1) is 9.86 Å². The molecule has 0 aliphatic heterocycles. The molecule has 0 saturated carbocycles. The predicted octanol–water partition coefficient (Wildman–Crippen LogP) is 3.33. The molecule has 1 rings (SSSR count). The minimum absolute atomic E-state index is 0.252. The number of hydrogen-bond acceptors (Lipinski definition) is 3. The van der Waals surface area contributed by atoms with Crippen LogP contribution < -0.4 is 5.32 Å². The molecule has 0 bridgehead atoms. The van der Waals surface area contributed by atoms with Gasteiger partial charge in [-0.3, -0.25) is 4.79 Å². The summed E-state index contributed by atoms with van der Waals surface area (Å²) in [5.41, 5.74) is 0.170. The minimum Gasteiger partial charge on any atom is -0.334 e. The highest BCUT2D eigenvalue weighted by atomic mass is 79.9. The molecule has 3 nitrogen and oxygen atoms in total. The summed E-state index contributed by atoms with van der Waals surface area (Å²) in [7, 11) is 0. The van der Waals surface area contributed by atoms with Crippen molar-refractivity contribution in [3.8, 4) is 6.07 Å². The highest BCUT2D eigenvalue weighted by molar-refractivity contribution is 9.11. The first-order valence-electron chi connectivity index (χ1n) is 5.14. The lowest BCUT2D eigenvalue weighted by Gasteiger charge is -2.19. The number of hydrogen-bond donors (Lipinski definition) is 1. The summed E-state index contributed by atoms with van der Waals surface area (Å²) >= 11 is 4.91. The Kier molecular flexibility index (Phi) is 4.91. The van der Waals surface area contributed by atoms with E-state index in [4.69, 9.17) is 5.26 Å². The zero-order chi connectivity index (χ0) is 12.9. The second kappa shape index (κ2) is 5.99. The van der Waals surface area contributed by atoms with Crippen LogP contribution in [0.4, 0.5) is 0 Å². The van der Waals surface area contributed by atoms with Crippen molar-refractivity contribution < 1.29 is 4.79 Å². The van der Waals surface area contributed by atoms with Gasteiger partial charge < -0.3 is 5.32 Å². The largest absolute Gasteiger partial charge is 0.334 e. The Bertz CT molecular complexity index is 475. The van der Waals surface area contributed by atoms with Gasteiger partial charge in [-0.2, -0.15) is 5.26 Å². The van der Waals surface area contributed by atoms with Crippen LogP contribution in [0.3, 0.4) is 0 Å². The van der Waals surface area contributed by atoms with Gasteiger partial charge in [0.2, 0.25) is 5.91 Å². The van der Waals surface area contributed by atoms with Gasteiger partial charge in [-0.1, -0.05) is 6.92 Å². The average molecular weight is 313 g/mol. The number of halogens is 1. The Labute approximate surface area is 113 Å². The molecule has 1 aromatic heterocycles. The van der Waals surface area contributed by atoms with Gasteiger partial charge in [-0.25, -0.2) is 0 Å². The maximum Gasteiger partial charge on any atom is 0.245 e. The van der Waals surface area contributed by atoms with E-state index in [1.54, 1.807) is 24.3 Å². The molecule has 1 amide bonds. The summed E-state index contributed by atoms with van der Waals surface area (Å²) in [5.74, 6) is -0.252. The SMILES string of the molecule is CC[C@](C)(C#N)NC(=O)/C=C\c1csc(Br)c1. The van der Waals surface area contributed by atoms with E-state index >= 15 is 0 Å². The fourth-order valence-electron chi connectivity index (χ4n) is 1.09. The number of rotatable bonds is 4. The van der Waals surface area contributed by atoms with E-state index in [2.05, 4.69) is 27.3 Å². The second-order valence-electron chi connectivity index (χ2n) is 3.80. The van der Waals surface area contributed by atoms with Crippen LogP contribution in [0.1, 0.15) is 25.8 Å². The minimum atomic E-state index is -0.795. The van der Waals surface area contributed by atoms with Gasteiger partial charge in [0.1, 0.15) is 5.54 Å². The van der Waals surface area contributed by atoms with E-state index in [0.717, 1.165) is 9.35 Å². The van der Waals surface area contributed by atoms with Gasteiger partial charge in [0.25, 0.3) is 0 Å². The summed E-state index contributed by atoms with van der Waals surface area (Å²) in [6.07, 6.45) is 3.75. The quantitative estimate of drug-likeness (QED) is 0.867. The third-order valence-electron chi connectivity index (χ3n) is 2.37. The average Bonchev–Trinajstić information content (AvgIpc) is 2.72. The van der Waals surface area contributed by atoms with Crippen LogP contribution in [0.25, 0.3) is 6.08 Å². The van der Waals surface area contributed by atoms with E-state index < -0.39 is 5.54 Å². The first kappa shape index (κ1) is 13.9. The fraction of sp³-hybridized carbons (Fsp3) is 0.333. The molecule has 1 heterocycles. The Hall–Kier alpha value is -1.12. The van der Waals surface area contributed by atoms with Crippen molar-refractivity contribution in [2.45, 2.75) is 25.8 Å². The topological polar surface area (TPSA) is 52.9 Å². The first-order valence-corrected chi connectivity index (χ1v) is 6.82. The van der Waals surface area contributed by atoms with E-state index in [-0.39, 0.29) is 5.91 Å². The molecule has 0 aromatic carbocycles. The second-order valence-corrected chi connectivity index (χ2v) is 6.09. The number of carbonyl (C=O) groups excluding carboxylic acids is 1. The summed E-state index contributed by atoms with van der Waals surface area (Å²) in [4.78, 5) is 11.6. The maximum atomic E-state index is 11.6. The lowest BCUT2D eigenvalue weighted by molar-refractivity contribution is -0.117. The van der Waals surface area contributed by atoms with Crippen LogP contribution in [0.2, 0.25) is 0 Å². The summed E-state index contributed by atoms with van der Waals surface area (Å²) < 4.78 is 1.02. The molecular weight excluding hydrogens is 300 g/mol. The van der Waals surface area contributed by atoms with Crippen LogP contribution in [-0.2, 0) is 4.79 Å². The first-order chi connectivity index (χ1) is 7.99. The standard InChI is InChI=1S/C12H13BrN2OS/c1-3-12(2,8-14)15-11(16)5-4-9-6-10(13)17-7-9/h4-7H,3H2,1-2H3,(H,15,16)/b5-4-/t12-/m1/s1. The van der Waals surface area contributed by atoms with E-state index in [9.17, 15) is 4.79 Å². The molecule has 0 aliphatic rings. The molecule has 17 heavy (non-hydrogen) atoms. The van der Waals surface area contributed by atoms with Crippen molar-refractivity contribution in [1.29, 1.82) is 5.26 Å². The number of thiophene rings is 1. The molecule has 0 saturated heterocycles. The highest BCUT2D eigenvalue weighted by Crippen LogP contribution is 2.21. The molecule has 0 aliphatic carbocycles. The van der Waals surface area contributed by atoms with E-state index in [1.165, 1.54) is 6.08 Å². The van der Waals surface area contributed by atoms with Crippen molar-refractivity contribution in [2.75, 3.05) is 0 Å². The van der Waals surface area contributed by atoms with Gasteiger partial charge in [0.15, 0.2) is 0 Å². The zero-order valence-electron chi connectivity index (χ0n) is 9.66. The van der Waals surface area contributed by atoms with Crippen LogP contribution in [0.15, 0.2) is 21.3 Å². The third kappa shape index (κ3) is 4.33. The van der Waals surface area contributed by atoms with Crippen molar-refractivity contribution in [2.24, 2.45) is 0 Å². The molecule has 1 atom stereocenters. The highest BCUT2D eigenvalue weighted by Gasteiger charge is 2.22. The maximum absolute atomic E-state index is 11.6. The number of nitrogens with one attached hydrogen (secondary N) is 1. The molecule has 0 spiro atoms. The molecule has 0 fully saturated rings. The summed E-state index contributed by atoms with van der Waals surface area (Å²) in [6.45, 7) is 3.57. The van der Waals surface area contributed by atoms with Crippen molar-refractivity contribution >= 4 is 39.2 Å². The Morgan fingerprint density at radius 1 is 1.76 bits per heavy atom. The van der Waals surface area contributed by atoms with Crippen LogP contribution >= 0.6 is 27.3 Å². The molecular formula is C12H13BrN2OS. The third-order valence-corrected chi connectivity index (χ3v) is 3.89. The Balaban J connectivity index is 2.62. The van der Waals surface area contributed by atoms with Gasteiger partial charge in [0, 0.05) is 6.08 Å². The molecule has 1 aromatic rings. The lowest BCUT2D eigenvalue weighted by Crippen LogP contribution is -2.43. The van der Waals surface area contributed by atoms with Gasteiger partial charge >= 0.3 is 0 Å². The van der Waals surface area contributed by atoms with Crippen molar-refractivity contribution in [3.63, 3.8) is 0 Å². The summed E-state index contributed by atoms with van der Waals surface area (Å²) in [6, 6.07) is 4.02.